The topological polar surface area (TPSA) is 141 Å². The first-order chi connectivity index (χ1) is 13.9. The molecule has 3 aromatic rings. The van der Waals surface area contributed by atoms with Gasteiger partial charge >= 0.3 is 5.63 Å². The van der Waals surface area contributed by atoms with Crippen LogP contribution in [0.5, 0.6) is 5.75 Å². The Morgan fingerprint density at radius 2 is 1.76 bits per heavy atom. The Morgan fingerprint density at radius 3 is 2.41 bits per heavy atom. The normalized spacial score (nSPS) is 10.4. The third-order valence-electron chi connectivity index (χ3n) is 3.89. The van der Waals surface area contributed by atoms with Gasteiger partial charge in [-0.1, -0.05) is 0 Å². The molecule has 1 heterocycles. The molecule has 0 atom stereocenters. The van der Waals surface area contributed by atoms with E-state index in [1.807, 2.05) is 6.92 Å². The highest BCUT2D eigenvalue weighted by atomic mass is 16.6. The Kier molecular flexibility index (Phi) is 5.54. The SMILES string of the molecule is CCOc1ccc2cc(C(=O)NNC(=O)c3ccc([N+](=O)[O-])cc3)c(=O)oc2c1. The fourth-order valence-electron chi connectivity index (χ4n) is 2.49. The Labute approximate surface area is 163 Å². The monoisotopic (exact) mass is 397 g/mol. The number of fused-ring (bicyclic) bond motifs is 1. The summed E-state index contributed by atoms with van der Waals surface area (Å²) in [4.78, 5) is 46.5. The van der Waals surface area contributed by atoms with E-state index in [1.165, 1.54) is 24.3 Å². The number of nitrogens with one attached hydrogen (secondary N) is 2. The van der Waals surface area contributed by atoms with E-state index in [-0.39, 0.29) is 22.4 Å². The van der Waals surface area contributed by atoms with E-state index in [4.69, 9.17) is 9.15 Å². The summed E-state index contributed by atoms with van der Waals surface area (Å²) in [5.41, 5.74) is 3.24. The number of nitrogens with zero attached hydrogens (tertiary/aromatic N) is 1. The van der Waals surface area contributed by atoms with Gasteiger partial charge in [-0.2, -0.15) is 0 Å². The van der Waals surface area contributed by atoms with E-state index in [2.05, 4.69) is 10.9 Å². The number of amides is 2. The molecular weight excluding hydrogens is 382 g/mol. The molecule has 0 saturated carbocycles. The molecular formula is C19H15N3O7. The largest absolute Gasteiger partial charge is 0.494 e. The van der Waals surface area contributed by atoms with Gasteiger partial charge in [0.1, 0.15) is 16.9 Å². The first kappa shape index (κ1) is 19.5. The van der Waals surface area contributed by atoms with Crippen molar-refractivity contribution >= 4 is 28.5 Å². The van der Waals surface area contributed by atoms with Crippen molar-refractivity contribution in [3.8, 4) is 5.75 Å². The second-order valence-electron chi connectivity index (χ2n) is 5.79. The van der Waals surface area contributed by atoms with Gasteiger partial charge in [-0.25, -0.2) is 4.79 Å². The van der Waals surface area contributed by atoms with Gasteiger partial charge in [-0.15, -0.1) is 0 Å². The number of hydrazine groups is 1. The zero-order chi connectivity index (χ0) is 21.0. The molecule has 148 valence electrons. The Morgan fingerprint density at radius 1 is 1.07 bits per heavy atom. The summed E-state index contributed by atoms with van der Waals surface area (Å²) in [7, 11) is 0. The van der Waals surface area contributed by atoms with Crippen molar-refractivity contribution in [3.05, 3.63) is 80.2 Å². The quantitative estimate of drug-likeness (QED) is 0.382. The van der Waals surface area contributed by atoms with Crippen LogP contribution in [0.25, 0.3) is 11.0 Å². The average molecular weight is 397 g/mol. The van der Waals surface area contributed by atoms with E-state index < -0.39 is 22.4 Å². The molecule has 10 heteroatoms. The molecule has 3 rings (SSSR count). The van der Waals surface area contributed by atoms with Gasteiger partial charge in [0.05, 0.1) is 11.5 Å². The lowest BCUT2D eigenvalue weighted by atomic mass is 10.1. The van der Waals surface area contributed by atoms with Crippen molar-refractivity contribution < 1.29 is 23.7 Å². The second-order valence-corrected chi connectivity index (χ2v) is 5.79. The number of nitro benzene ring substituents is 1. The number of hydrogen-bond donors (Lipinski definition) is 2. The number of hydrogen-bond acceptors (Lipinski definition) is 7. The Balaban J connectivity index is 1.73. The van der Waals surface area contributed by atoms with Gasteiger partial charge in [0.2, 0.25) is 0 Å². The van der Waals surface area contributed by atoms with Crippen LogP contribution in [0.4, 0.5) is 5.69 Å². The summed E-state index contributed by atoms with van der Waals surface area (Å²) in [6.07, 6.45) is 0. The number of rotatable bonds is 5. The first-order valence-corrected chi connectivity index (χ1v) is 8.45. The summed E-state index contributed by atoms with van der Waals surface area (Å²) in [6, 6.07) is 11.0. The number of carbonyl (C=O) groups is 2. The average Bonchev–Trinajstić information content (AvgIpc) is 2.71. The second kappa shape index (κ2) is 8.21. The van der Waals surface area contributed by atoms with Crippen LogP contribution in [0, 0.1) is 10.1 Å². The number of nitro groups is 1. The van der Waals surface area contributed by atoms with Crippen LogP contribution in [0.15, 0.2) is 57.7 Å². The minimum atomic E-state index is -0.881. The lowest BCUT2D eigenvalue weighted by Gasteiger charge is -2.08. The molecule has 29 heavy (non-hydrogen) atoms. The van der Waals surface area contributed by atoms with E-state index in [1.54, 1.807) is 12.1 Å². The molecule has 0 aliphatic heterocycles. The zero-order valence-corrected chi connectivity index (χ0v) is 15.1. The molecule has 0 aliphatic rings. The van der Waals surface area contributed by atoms with Crippen molar-refractivity contribution in [3.63, 3.8) is 0 Å². The van der Waals surface area contributed by atoms with Crippen LogP contribution in [0.1, 0.15) is 27.6 Å². The van der Waals surface area contributed by atoms with Gasteiger partial charge in [0.15, 0.2) is 0 Å². The summed E-state index contributed by atoms with van der Waals surface area (Å²) in [5, 5.41) is 11.1. The lowest BCUT2D eigenvalue weighted by molar-refractivity contribution is -0.384. The van der Waals surface area contributed by atoms with E-state index in [0.29, 0.717) is 17.7 Å². The van der Waals surface area contributed by atoms with Crippen LogP contribution in [-0.4, -0.2) is 23.3 Å². The summed E-state index contributed by atoms with van der Waals surface area (Å²) < 4.78 is 10.5. The molecule has 0 bridgehead atoms. The lowest BCUT2D eigenvalue weighted by Crippen LogP contribution is -2.43. The Bertz CT molecular complexity index is 1150. The van der Waals surface area contributed by atoms with Crippen LogP contribution >= 0.6 is 0 Å². The van der Waals surface area contributed by atoms with Gasteiger partial charge in [0, 0.05) is 29.1 Å². The molecule has 2 aromatic carbocycles. The standard InChI is InChI=1S/C19H15N3O7/c1-2-28-14-8-5-12-9-15(19(25)29-16(12)10-14)18(24)21-20-17(23)11-3-6-13(7-4-11)22(26)27/h3-10H,2H2,1H3,(H,20,23)(H,21,24). The van der Waals surface area contributed by atoms with Crippen LogP contribution in [0.3, 0.4) is 0 Å². The van der Waals surface area contributed by atoms with Gasteiger partial charge < -0.3 is 9.15 Å². The molecule has 0 unspecified atom stereocenters. The maximum absolute atomic E-state index is 12.3. The molecule has 0 saturated heterocycles. The smallest absolute Gasteiger partial charge is 0.349 e. The fourth-order valence-corrected chi connectivity index (χ4v) is 2.49. The molecule has 1 aromatic heterocycles. The molecule has 2 N–H and O–H groups in total. The number of ether oxygens (including phenoxy) is 1. The van der Waals surface area contributed by atoms with Crippen LogP contribution in [0.2, 0.25) is 0 Å². The highest BCUT2D eigenvalue weighted by Crippen LogP contribution is 2.20. The van der Waals surface area contributed by atoms with E-state index >= 15 is 0 Å². The van der Waals surface area contributed by atoms with Crippen molar-refractivity contribution in [2.24, 2.45) is 0 Å². The number of carbonyl (C=O) groups excluding carboxylic acids is 2. The summed E-state index contributed by atoms with van der Waals surface area (Å²) in [5.74, 6) is -1.06. The van der Waals surface area contributed by atoms with Crippen molar-refractivity contribution in [1.29, 1.82) is 0 Å². The van der Waals surface area contributed by atoms with Gasteiger partial charge in [-0.05, 0) is 37.3 Å². The minimum Gasteiger partial charge on any atom is -0.494 e. The maximum atomic E-state index is 12.3. The summed E-state index contributed by atoms with van der Waals surface area (Å²) in [6.45, 7) is 2.27. The molecule has 0 aliphatic carbocycles. The molecule has 0 spiro atoms. The van der Waals surface area contributed by atoms with Crippen LogP contribution in [-0.2, 0) is 0 Å². The molecule has 0 radical (unpaired) electrons. The van der Waals surface area contributed by atoms with Gasteiger partial charge in [0.25, 0.3) is 17.5 Å². The Hall–Kier alpha value is -4.21. The van der Waals surface area contributed by atoms with Crippen LogP contribution < -0.4 is 21.2 Å². The zero-order valence-electron chi connectivity index (χ0n) is 15.1. The number of non-ortho nitro benzene ring substituents is 1. The predicted molar refractivity (Wildman–Crippen MR) is 102 cm³/mol. The maximum Gasteiger partial charge on any atom is 0.349 e. The first-order valence-electron chi connectivity index (χ1n) is 8.45. The fraction of sp³-hybridized carbons (Fsp3) is 0.105. The van der Waals surface area contributed by atoms with Gasteiger partial charge in [-0.3, -0.25) is 30.6 Å². The van der Waals surface area contributed by atoms with E-state index in [9.17, 15) is 24.5 Å². The number of benzene rings is 2. The molecule has 2 amide bonds. The van der Waals surface area contributed by atoms with E-state index in [0.717, 1.165) is 12.1 Å². The minimum absolute atomic E-state index is 0.0879. The third-order valence-corrected chi connectivity index (χ3v) is 3.89. The van der Waals surface area contributed by atoms with Crippen molar-refractivity contribution in [1.82, 2.24) is 10.9 Å². The van der Waals surface area contributed by atoms with Crippen molar-refractivity contribution in [2.45, 2.75) is 6.92 Å². The highest BCUT2D eigenvalue weighted by molar-refractivity contribution is 6.00. The molecule has 10 nitrogen and oxygen atoms in total. The third kappa shape index (κ3) is 4.38. The predicted octanol–water partition coefficient (Wildman–Crippen LogP) is 2.17. The molecule has 0 fully saturated rings. The summed E-state index contributed by atoms with van der Waals surface area (Å²) >= 11 is 0. The van der Waals surface area contributed by atoms with Crippen molar-refractivity contribution in [2.75, 3.05) is 6.61 Å². The highest BCUT2D eigenvalue weighted by Gasteiger charge is 2.16.